The van der Waals surface area contributed by atoms with Gasteiger partial charge in [-0.05, 0) is 193 Å². The molecule has 530 valence electrons. The topological polar surface area (TPSA) is 293 Å². The van der Waals surface area contributed by atoms with E-state index in [1.165, 1.54) is 0 Å². The molecule has 10 heterocycles. The SMILES string of the molecule is CN(c1ncc(-c2ccc(-c3ccc4c(cnn4C)c3)cc2O)nn1)C1CC(C)(C)NC(C)(C)C1.CN(c1ncc(-c2ccc(-c3ccn(C)n3)cc2O)nn1)C1CC(C)(C)NC(C)(C)C1.[C-]#[N+]c1cc(-c2ccc(-c3cnc(N(C)C4CC(C)(C)NC(C)(C)C4)nn3)c(O)c2)nn2ccnc12. The van der Waals surface area contributed by atoms with Crippen molar-refractivity contribution in [3.8, 4) is 84.7 Å². The molecule has 0 unspecified atom stereocenters. The van der Waals surface area contributed by atoms with Crippen molar-refractivity contribution in [2.24, 2.45) is 14.1 Å². The highest BCUT2D eigenvalue weighted by Crippen LogP contribution is 2.40. The maximum Gasteiger partial charge on any atom is 0.245 e. The third-order valence-electron chi connectivity index (χ3n) is 19.4. The molecular formula is C76H93N23O3. The fraction of sp³-hybridized carbons (Fsp3) is 0.421. The minimum absolute atomic E-state index is 0.00829. The number of hydrogen-bond donors (Lipinski definition) is 6. The standard InChI is InChI=1S/C27H33N7O.C26H29N9O.C23H31N7O/c1-26(2)13-20(14-27(3,4)32-26)33(5)25-28-16-22(30-31-25)21-9-7-18(12-24(21)35)17-8-10-23-19(11-17)15-29-34(23)6;1-25(2)13-17(14-26(3,4)33-25)34(6)24-29-15-21(30-31-24)18-8-7-16(11-22(18)36)19-12-20(27-5)23-28-9-10-35(23)32-19;1-22(2)12-16(13-23(3,4)28-22)30(6)21-24-14-19(25-26-21)17-8-7-15(11-20(17)31)18-9-10-29(5)27-18/h7-12,15-16,20,32,35H,13-14H2,1-6H3;7-12,15,17,33,36H,13-14H2,1-4,6H3;7-11,14,16,28,31H,12-13H2,1-6H3. The highest BCUT2D eigenvalue weighted by atomic mass is 16.3. The van der Waals surface area contributed by atoms with E-state index in [-0.39, 0.29) is 56.5 Å². The lowest BCUT2D eigenvalue weighted by atomic mass is 9.79. The third kappa shape index (κ3) is 15.9. The molecule has 3 aliphatic rings. The Balaban J connectivity index is 0.000000145. The zero-order chi connectivity index (χ0) is 73.0. The number of rotatable bonds is 12. The molecule has 0 radical (unpaired) electrons. The Kier molecular flexibility index (Phi) is 19.1. The number of benzene rings is 4. The van der Waals surface area contributed by atoms with Gasteiger partial charge in [-0.15, -0.1) is 30.6 Å². The number of piperidine rings is 3. The van der Waals surface area contributed by atoms with Gasteiger partial charge in [0, 0.05) is 138 Å². The molecule has 0 saturated carbocycles. The van der Waals surface area contributed by atoms with Crippen LogP contribution < -0.4 is 30.7 Å². The Morgan fingerprint density at radius 1 is 0.441 bits per heavy atom. The molecule has 102 heavy (non-hydrogen) atoms. The molecule has 0 amide bonds. The summed E-state index contributed by atoms with van der Waals surface area (Å²) in [6.45, 7) is 34.2. The largest absolute Gasteiger partial charge is 0.507 e. The molecule has 0 aliphatic carbocycles. The number of imidazole rings is 1. The van der Waals surface area contributed by atoms with E-state index in [1.807, 2.05) is 101 Å². The molecule has 3 fully saturated rings. The van der Waals surface area contributed by atoms with Crippen molar-refractivity contribution in [2.75, 3.05) is 35.8 Å². The predicted octanol–water partition coefficient (Wildman–Crippen LogP) is 12.2. The first kappa shape index (κ1) is 71.2. The third-order valence-corrected chi connectivity index (χ3v) is 19.4. The van der Waals surface area contributed by atoms with Crippen LogP contribution in [0.3, 0.4) is 0 Å². The first-order chi connectivity index (χ1) is 48.1. The number of nitrogens with one attached hydrogen (secondary N) is 3. The lowest BCUT2D eigenvalue weighted by molar-refractivity contribution is 0.160. The first-order valence-electron chi connectivity index (χ1n) is 34.4. The summed E-state index contributed by atoms with van der Waals surface area (Å²) in [5.41, 5.74) is 10.2. The van der Waals surface area contributed by atoms with Crippen LogP contribution in [0, 0.1) is 6.57 Å². The number of aryl methyl sites for hydroxylation is 2. The summed E-state index contributed by atoms with van der Waals surface area (Å²) in [4.78, 5) is 27.8. The van der Waals surface area contributed by atoms with Crippen LogP contribution in [-0.4, -0.2) is 168 Å². The van der Waals surface area contributed by atoms with Crippen LogP contribution in [0.5, 0.6) is 17.2 Å². The number of phenols is 3. The van der Waals surface area contributed by atoms with E-state index in [0.717, 1.165) is 71.8 Å². The van der Waals surface area contributed by atoms with Crippen molar-refractivity contribution in [3.05, 3.63) is 140 Å². The van der Waals surface area contributed by atoms with Gasteiger partial charge < -0.3 is 46.0 Å². The summed E-state index contributed by atoms with van der Waals surface area (Å²) in [6.07, 6.45) is 17.9. The summed E-state index contributed by atoms with van der Waals surface area (Å²) < 4.78 is 5.14. The van der Waals surface area contributed by atoms with Crippen LogP contribution in [-0.2, 0) is 14.1 Å². The summed E-state index contributed by atoms with van der Waals surface area (Å²) in [7, 11) is 9.85. The quantitative estimate of drug-likeness (QED) is 0.0620. The molecule has 0 spiro atoms. The summed E-state index contributed by atoms with van der Waals surface area (Å²) >= 11 is 0. The summed E-state index contributed by atoms with van der Waals surface area (Å²) in [6, 6.07) is 26.8. The van der Waals surface area contributed by atoms with Gasteiger partial charge in [0.2, 0.25) is 23.5 Å². The maximum atomic E-state index is 10.8. The van der Waals surface area contributed by atoms with Gasteiger partial charge in [-0.1, -0.05) is 24.3 Å². The number of aromatic hydroxyl groups is 3. The molecule has 0 atom stereocenters. The molecule has 3 aliphatic heterocycles. The molecule has 26 nitrogen and oxygen atoms in total. The van der Waals surface area contributed by atoms with Crippen LogP contribution in [0.25, 0.3) is 88.8 Å². The average Bonchev–Trinajstić information content (AvgIpc) is 1.04. The van der Waals surface area contributed by atoms with E-state index in [4.69, 9.17) is 6.57 Å². The molecule has 14 rings (SSSR count). The van der Waals surface area contributed by atoms with Gasteiger partial charge in [0.15, 0.2) is 5.65 Å². The van der Waals surface area contributed by atoms with Crippen molar-refractivity contribution >= 4 is 40.1 Å². The van der Waals surface area contributed by atoms with Crippen molar-refractivity contribution in [3.63, 3.8) is 0 Å². The van der Waals surface area contributed by atoms with Crippen molar-refractivity contribution in [1.82, 2.24) is 95.7 Å². The van der Waals surface area contributed by atoms with Crippen LogP contribution in [0.1, 0.15) is 122 Å². The molecule has 11 aromatic rings. The van der Waals surface area contributed by atoms with E-state index in [2.05, 4.69) is 190 Å². The van der Waals surface area contributed by atoms with Gasteiger partial charge in [0.1, 0.15) is 34.3 Å². The van der Waals surface area contributed by atoms with E-state index in [9.17, 15) is 15.3 Å². The maximum absolute atomic E-state index is 10.8. The molecule has 7 aromatic heterocycles. The zero-order valence-electron chi connectivity index (χ0n) is 61.4. The zero-order valence-corrected chi connectivity index (χ0v) is 61.4. The van der Waals surface area contributed by atoms with Crippen LogP contribution in [0.15, 0.2) is 128 Å². The van der Waals surface area contributed by atoms with E-state index < -0.39 is 0 Å². The Bertz CT molecular complexity index is 4830. The molecule has 0 bridgehead atoms. The van der Waals surface area contributed by atoms with Gasteiger partial charge in [0.25, 0.3) is 0 Å². The average molecular weight is 1380 g/mol. The van der Waals surface area contributed by atoms with Crippen molar-refractivity contribution < 1.29 is 15.3 Å². The lowest BCUT2D eigenvalue weighted by Crippen LogP contribution is -2.62. The number of anilines is 3. The van der Waals surface area contributed by atoms with E-state index in [1.54, 1.807) is 70.5 Å². The van der Waals surface area contributed by atoms with Crippen molar-refractivity contribution in [2.45, 2.75) is 173 Å². The number of fused-ring (bicyclic) bond motifs is 2. The molecular weight excluding hydrogens is 1280 g/mol. The van der Waals surface area contributed by atoms with E-state index >= 15 is 0 Å². The number of aromatic nitrogens is 16. The number of hydrogen-bond acceptors (Lipinski definition) is 22. The van der Waals surface area contributed by atoms with Gasteiger partial charge in [0.05, 0.1) is 48.3 Å². The lowest BCUT2D eigenvalue weighted by Gasteiger charge is -2.48. The Labute approximate surface area is 595 Å². The molecule has 6 N–H and O–H groups in total. The second-order valence-corrected chi connectivity index (χ2v) is 31.5. The Morgan fingerprint density at radius 3 is 1.22 bits per heavy atom. The smallest absolute Gasteiger partial charge is 0.245 e. The highest BCUT2D eigenvalue weighted by Gasteiger charge is 2.43. The Hall–Kier alpha value is -10.6. The minimum atomic E-state index is 0.00829. The van der Waals surface area contributed by atoms with Crippen LogP contribution in [0.2, 0.25) is 0 Å². The number of phenolic OH excluding ortho intramolecular Hbond substituents is 3. The number of nitrogens with zero attached hydrogens (tertiary/aromatic N) is 20. The van der Waals surface area contributed by atoms with Gasteiger partial charge in [-0.2, -0.15) is 15.3 Å². The highest BCUT2D eigenvalue weighted by molar-refractivity contribution is 5.86. The van der Waals surface area contributed by atoms with Crippen LogP contribution in [0.4, 0.5) is 23.5 Å². The van der Waals surface area contributed by atoms with Gasteiger partial charge >= 0.3 is 0 Å². The van der Waals surface area contributed by atoms with Crippen molar-refractivity contribution in [1.29, 1.82) is 0 Å². The summed E-state index contributed by atoms with van der Waals surface area (Å²) in [5.74, 6) is 2.04. The molecule has 4 aromatic carbocycles. The normalized spacial score (nSPS) is 17.6. The van der Waals surface area contributed by atoms with E-state index in [0.29, 0.717) is 86.3 Å². The van der Waals surface area contributed by atoms with Gasteiger partial charge in [-0.3, -0.25) is 9.36 Å². The monoisotopic (exact) mass is 1380 g/mol. The Morgan fingerprint density at radius 2 is 0.833 bits per heavy atom. The fourth-order valence-corrected chi connectivity index (χ4v) is 15.6. The van der Waals surface area contributed by atoms with Gasteiger partial charge in [-0.25, -0.2) is 29.3 Å². The second kappa shape index (κ2) is 27.4. The minimum Gasteiger partial charge on any atom is -0.507 e. The fourth-order valence-electron chi connectivity index (χ4n) is 15.6. The second-order valence-electron chi connectivity index (χ2n) is 31.5. The first-order valence-corrected chi connectivity index (χ1v) is 34.4. The molecule has 3 saturated heterocycles. The predicted molar refractivity (Wildman–Crippen MR) is 399 cm³/mol. The van der Waals surface area contributed by atoms with Crippen LogP contribution >= 0.6 is 0 Å². The molecule has 26 heteroatoms. The summed E-state index contributed by atoms with van der Waals surface area (Å²) in [5, 5.41) is 83.8.